The van der Waals surface area contributed by atoms with Gasteiger partial charge in [-0.3, -0.25) is 0 Å². The summed E-state index contributed by atoms with van der Waals surface area (Å²) < 4.78 is 16.7. The first-order chi connectivity index (χ1) is 12.3. The second-order valence-corrected chi connectivity index (χ2v) is 6.84. The summed E-state index contributed by atoms with van der Waals surface area (Å²) in [4.78, 5) is 11.6. The molecule has 0 aliphatic rings. The average Bonchev–Trinajstić information content (AvgIpc) is 3.01. The summed E-state index contributed by atoms with van der Waals surface area (Å²) in [6.45, 7) is 5.77. The van der Waals surface area contributed by atoms with Crippen LogP contribution >= 0.6 is 0 Å². The van der Waals surface area contributed by atoms with Crippen LogP contribution in [0.2, 0.25) is 0 Å². The van der Waals surface area contributed by atoms with Crippen LogP contribution in [0.1, 0.15) is 27.2 Å². The topological polar surface area (TPSA) is 72.8 Å². The zero-order valence-electron chi connectivity index (χ0n) is 15.1. The molecule has 5 heteroatoms. The molecule has 5 nitrogen and oxygen atoms in total. The van der Waals surface area contributed by atoms with Gasteiger partial charge in [0.05, 0.1) is 11.9 Å². The third-order valence-corrected chi connectivity index (χ3v) is 3.91. The Bertz CT molecular complexity index is 1030. The second-order valence-electron chi connectivity index (χ2n) is 6.84. The smallest absolute Gasteiger partial charge is 0.336 e. The molecule has 136 valence electrons. The van der Waals surface area contributed by atoms with Gasteiger partial charge in [-0.05, 0) is 51.5 Å². The Balaban J connectivity index is 1.82. The summed E-state index contributed by atoms with van der Waals surface area (Å²) in [5, 5.41) is 11.3. The number of benzene rings is 1. The van der Waals surface area contributed by atoms with E-state index < -0.39 is 11.2 Å². The minimum atomic E-state index is -0.817. The maximum atomic E-state index is 11.6. The minimum absolute atomic E-state index is 0.315. The maximum Gasteiger partial charge on any atom is 0.336 e. The van der Waals surface area contributed by atoms with Crippen LogP contribution in [0.5, 0.6) is 5.75 Å². The molecule has 0 unspecified atom stereocenters. The largest absolute Gasteiger partial charge is 0.482 e. The van der Waals surface area contributed by atoms with Crippen LogP contribution in [0.25, 0.3) is 21.9 Å². The molecule has 0 bridgehead atoms. The summed E-state index contributed by atoms with van der Waals surface area (Å²) in [6, 6.07) is 6.84. The summed E-state index contributed by atoms with van der Waals surface area (Å²) in [6.07, 6.45) is 7.93. The molecule has 0 saturated heterocycles. The van der Waals surface area contributed by atoms with E-state index in [9.17, 15) is 9.90 Å². The van der Waals surface area contributed by atoms with Crippen LogP contribution in [-0.4, -0.2) is 17.3 Å². The van der Waals surface area contributed by atoms with Gasteiger partial charge in [0.1, 0.15) is 6.61 Å². The van der Waals surface area contributed by atoms with Crippen molar-refractivity contribution in [1.29, 1.82) is 0 Å². The molecule has 3 aromatic rings. The van der Waals surface area contributed by atoms with Crippen LogP contribution < -0.4 is 10.4 Å². The first-order valence-electron chi connectivity index (χ1n) is 8.46. The van der Waals surface area contributed by atoms with Gasteiger partial charge in [-0.2, -0.15) is 0 Å². The normalized spacial score (nSPS) is 13.2. The fourth-order valence-electron chi connectivity index (χ4n) is 2.62. The van der Waals surface area contributed by atoms with Gasteiger partial charge in [0.2, 0.25) is 5.75 Å². The van der Waals surface area contributed by atoms with Gasteiger partial charge >= 0.3 is 5.63 Å². The van der Waals surface area contributed by atoms with Crippen molar-refractivity contribution in [1.82, 2.24) is 0 Å². The number of hydrogen-bond donors (Lipinski definition) is 1. The maximum absolute atomic E-state index is 11.6. The van der Waals surface area contributed by atoms with Gasteiger partial charge in [0.25, 0.3) is 0 Å². The van der Waals surface area contributed by atoms with Gasteiger partial charge in [0, 0.05) is 16.8 Å². The summed E-state index contributed by atoms with van der Waals surface area (Å²) in [5.74, 6) is 0.427. The van der Waals surface area contributed by atoms with E-state index in [1.54, 1.807) is 32.3 Å². The van der Waals surface area contributed by atoms with Crippen molar-refractivity contribution in [2.75, 3.05) is 6.61 Å². The van der Waals surface area contributed by atoms with Gasteiger partial charge in [0.15, 0.2) is 11.2 Å². The van der Waals surface area contributed by atoms with Crippen LogP contribution in [0.3, 0.4) is 0 Å². The van der Waals surface area contributed by atoms with E-state index in [-0.39, 0.29) is 0 Å². The first kappa shape index (κ1) is 18.0. The van der Waals surface area contributed by atoms with E-state index in [4.69, 9.17) is 13.6 Å². The molecule has 1 aromatic carbocycles. The Labute approximate surface area is 151 Å². The number of furan rings is 1. The standard InChI is InChI=1S/C21H22O5/c1-14(5-4-10-21(2,3)23)8-11-25-20-18-16(9-12-24-18)13-15-6-7-17(22)26-19(15)20/h4,6-10,12-13,23H,5,11H2,1-3H3. The zero-order chi connectivity index (χ0) is 18.7. The van der Waals surface area contributed by atoms with Crippen molar-refractivity contribution in [3.05, 3.63) is 64.7 Å². The lowest BCUT2D eigenvalue weighted by Gasteiger charge is -2.10. The van der Waals surface area contributed by atoms with Crippen molar-refractivity contribution >= 4 is 21.9 Å². The molecule has 0 amide bonds. The molecular weight excluding hydrogens is 332 g/mol. The Morgan fingerprint density at radius 2 is 2.00 bits per heavy atom. The van der Waals surface area contributed by atoms with Crippen molar-refractivity contribution in [3.63, 3.8) is 0 Å². The summed E-state index contributed by atoms with van der Waals surface area (Å²) >= 11 is 0. The minimum Gasteiger partial charge on any atom is -0.482 e. The molecule has 0 aliphatic heterocycles. The highest BCUT2D eigenvalue weighted by atomic mass is 16.5. The zero-order valence-corrected chi connectivity index (χ0v) is 15.1. The number of allylic oxidation sites excluding steroid dienone is 2. The summed E-state index contributed by atoms with van der Waals surface area (Å²) in [5.41, 5.74) is 0.787. The average molecular weight is 354 g/mol. The molecule has 0 saturated carbocycles. The number of ether oxygens (including phenoxy) is 1. The third kappa shape index (κ3) is 4.24. The lowest BCUT2D eigenvalue weighted by molar-refractivity contribution is 0.133. The van der Waals surface area contributed by atoms with Crippen molar-refractivity contribution in [2.24, 2.45) is 0 Å². The number of aliphatic hydroxyl groups is 1. The monoisotopic (exact) mass is 354 g/mol. The summed E-state index contributed by atoms with van der Waals surface area (Å²) in [7, 11) is 0. The van der Waals surface area contributed by atoms with E-state index in [2.05, 4.69) is 0 Å². The number of rotatable bonds is 6. The highest BCUT2D eigenvalue weighted by Gasteiger charge is 2.14. The lowest BCUT2D eigenvalue weighted by Crippen LogP contribution is -2.13. The van der Waals surface area contributed by atoms with E-state index in [0.717, 1.165) is 16.3 Å². The SMILES string of the molecule is CC(=CCOc1c2occc2cc2ccc(=O)oc12)CC=CC(C)(C)O. The lowest BCUT2D eigenvalue weighted by atomic mass is 10.1. The van der Waals surface area contributed by atoms with E-state index in [0.29, 0.717) is 29.9 Å². The molecule has 0 spiro atoms. The molecule has 3 rings (SSSR count). The third-order valence-electron chi connectivity index (χ3n) is 3.91. The number of hydrogen-bond acceptors (Lipinski definition) is 5. The molecule has 2 aromatic heterocycles. The van der Waals surface area contributed by atoms with Gasteiger partial charge in [-0.25, -0.2) is 4.79 Å². The Kier molecular flexibility index (Phi) is 5.00. The Morgan fingerprint density at radius 3 is 2.77 bits per heavy atom. The molecule has 0 fully saturated rings. The van der Waals surface area contributed by atoms with E-state index in [1.807, 2.05) is 31.2 Å². The van der Waals surface area contributed by atoms with Crippen LogP contribution in [-0.2, 0) is 0 Å². The van der Waals surface area contributed by atoms with Crippen molar-refractivity contribution < 1.29 is 18.7 Å². The van der Waals surface area contributed by atoms with Crippen LogP contribution in [0.4, 0.5) is 0 Å². The molecule has 0 radical (unpaired) electrons. The first-order valence-corrected chi connectivity index (χ1v) is 8.46. The molecule has 2 heterocycles. The van der Waals surface area contributed by atoms with Crippen LogP contribution in [0, 0.1) is 0 Å². The fraction of sp³-hybridized carbons (Fsp3) is 0.286. The van der Waals surface area contributed by atoms with Gasteiger partial charge in [-0.1, -0.05) is 17.7 Å². The molecule has 1 N–H and O–H groups in total. The van der Waals surface area contributed by atoms with Crippen molar-refractivity contribution in [3.8, 4) is 5.75 Å². The molecular formula is C21H22O5. The Hall–Kier alpha value is -2.79. The predicted molar refractivity (Wildman–Crippen MR) is 102 cm³/mol. The van der Waals surface area contributed by atoms with Gasteiger partial charge < -0.3 is 18.7 Å². The molecule has 0 atom stereocenters. The highest BCUT2D eigenvalue weighted by molar-refractivity contribution is 5.99. The van der Waals surface area contributed by atoms with E-state index >= 15 is 0 Å². The van der Waals surface area contributed by atoms with E-state index in [1.165, 1.54) is 6.07 Å². The fourth-order valence-corrected chi connectivity index (χ4v) is 2.62. The van der Waals surface area contributed by atoms with Gasteiger partial charge in [-0.15, -0.1) is 0 Å². The number of fused-ring (bicyclic) bond motifs is 2. The quantitative estimate of drug-likeness (QED) is 0.518. The highest BCUT2D eigenvalue weighted by Crippen LogP contribution is 2.34. The van der Waals surface area contributed by atoms with Crippen LogP contribution in [0.15, 0.2) is 68.0 Å². The predicted octanol–water partition coefficient (Wildman–Crippen LogP) is 4.58. The second kappa shape index (κ2) is 7.22. The molecule has 26 heavy (non-hydrogen) atoms. The molecule has 0 aliphatic carbocycles. The van der Waals surface area contributed by atoms with Crippen molar-refractivity contribution in [2.45, 2.75) is 32.8 Å². The Morgan fingerprint density at radius 1 is 1.23 bits per heavy atom.